The third-order valence-electron chi connectivity index (χ3n) is 2.42. The molecule has 0 spiro atoms. The number of halogens is 4. The molecule has 1 fully saturated rings. The van der Waals surface area contributed by atoms with Crippen molar-refractivity contribution in [1.82, 2.24) is 0 Å². The van der Waals surface area contributed by atoms with Crippen LogP contribution in [0.1, 0.15) is 6.92 Å². The van der Waals surface area contributed by atoms with Gasteiger partial charge in [-0.3, -0.25) is 0 Å². The van der Waals surface area contributed by atoms with E-state index in [9.17, 15) is 30.3 Å². The molecule has 1 rings (SSSR count). The number of esters is 1. The van der Waals surface area contributed by atoms with Crippen LogP contribution in [0.15, 0.2) is 0 Å². The summed E-state index contributed by atoms with van der Waals surface area (Å²) in [6, 6.07) is 0. The Morgan fingerprint density at radius 2 is 2.09 bits per heavy atom. The molecule has 1 aliphatic rings. The van der Waals surface area contributed by atoms with Gasteiger partial charge in [-0.05, 0) is 6.92 Å². The molecule has 0 amide bonds. The topological polar surface area (TPSA) is 88.1 Å². The van der Waals surface area contributed by atoms with E-state index in [4.69, 9.17) is 9.47 Å². The third kappa shape index (κ3) is 6.85. The summed E-state index contributed by atoms with van der Waals surface area (Å²) < 4.78 is 89.1. The third-order valence-corrected chi connectivity index (χ3v) is 3.10. The molecule has 0 aliphatic carbocycles. The Kier molecular flexibility index (Phi) is 6.12. The van der Waals surface area contributed by atoms with Gasteiger partial charge in [0, 0.05) is 0 Å². The molecule has 130 valence electrons. The Labute approximate surface area is 123 Å². The van der Waals surface area contributed by atoms with Crippen LogP contribution >= 0.6 is 0 Å². The van der Waals surface area contributed by atoms with E-state index in [2.05, 4.69) is 9.47 Å². The van der Waals surface area contributed by atoms with Crippen molar-refractivity contribution in [2.24, 2.45) is 0 Å². The largest absolute Gasteiger partial charge is 0.458 e. The Morgan fingerprint density at radius 3 is 2.64 bits per heavy atom. The summed E-state index contributed by atoms with van der Waals surface area (Å²) in [5.41, 5.74) is 0. The molecule has 0 bridgehead atoms. The molecular formula is C10H14F4O7S. The first-order valence-corrected chi connectivity index (χ1v) is 7.47. The maximum absolute atomic E-state index is 13.0. The highest BCUT2D eigenvalue weighted by Gasteiger charge is 2.42. The zero-order chi connectivity index (χ0) is 17.0. The van der Waals surface area contributed by atoms with Crippen LogP contribution in [0.3, 0.4) is 0 Å². The first kappa shape index (κ1) is 19.1. The zero-order valence-electron chi connectivity index (χ0n) is 11.4. The van der Waals surface area contributed by atoms with Gasteiger partial charge in [0.2, 0.25) is 5.79 Å². The van der Waals surface area contributed by atoms with Gasteiger partial charge in [-0.1, -0.05) is 0 Å². The summed E-state index contributed by atoms with van der Waals surface area (Å²) in [6.07, 6.45) is -5.25. The average molecular weight is 354 g/mol. The Morgan fingerprint density at radius 1 is 1.45 bits per heavy atom. The summed E-state index contributed by atoms with van der Waals surface area (Å²) in [5.74, 6) is -4.73. The molecule has 0 radical (unpaired) electrons. The van der Waals surface area contributed by atoms with Gasteiger partial charge in [0.15, 0.2) is 12.4 Å². The minimum absolute atomic E-state index is 0.220. The smallest absolute Gasteiger partial charge is 0.372 e. The molecule has 1 heterocycles. The highest BCUT2D eigenvalue weighted by Crippen LogP contribution is 2.26. The Bertz CT molecular complexity index is 498. The molecule has 0 N–H and O–H groups in total. The van der Waals surface area contributed by atoms with E-state index in [0.29, 0.717) is 0 Å². The Balaban J connectivity index is 2.42. The molecule has 1 aliphatic heterocycles. The SMILES string of the molecule is CC1(COC(=O)CF)OCC(COC(F)(F)CS(=O)(=O)F)O1. The second-order valence-electron chi connectivity index (χ2n) is 4.61. The highest BCUT2D eigenvalue weighted by molar-refractivity contribution is 7.86. The van der Waals surface area contributed by atoms with E-state index in [-0.39, 0.29) is 6.61 Å². The second kappa shape index (κ2) is 7.06. The molecule has 0 aromatic carbocycles. The molecular weight excluding hydrogens is 340 g/mol. The molecule has 0 aromatic heterocycles. The highest BCUT2D eigenvalue weighted by atomic mass is 32.3. The van der Waals surface area contributed by atoms with Crippen molar-refractivity contribution in [2.75, 3.05) is 32.2 Å². The van der Waals surface area contributed by atoms with Crippen LogP contribution in [0.25, 0.3) is 0 Å². The van der Waals surface area contributed by atoms with Crippen molar-refractivity contribution in [3.05, 3.63) is 0 Å². The van der Waals surface area contributed by atoms with Crippen molar-refractivity contribution in [1.29, 1.82) is 0 Å². The van der Waals surface area contributed by atoms with Gasteiger partial charge in [-0.25, -0.2) is 9.18 Å². The van der Waals surface area contributed by atoms with Crippen LogP contribution in [-0.2, 0) is 34.0 Å². The van der Waals surface area contributed by atoms with Crippen molar-refractivity contribution >= 4 is 16.2 Å². The van der Waals surface area contributed by atoms with E-state index in [0.717, 1.165) is 0 Å². The first-order valence-electron chi connectivity index (χ1n) is 5.92. The lowest BCUT2D eigenvalue weighted by Gasteiger charge is -2.23. The van der Waals surface area contributed by atoms with Crippen molar-refractivity contribution in [3.8, 4) is 0 Å². The predicted molar refractivity (Wildman–Crippen MR) is 62.0 cm³/mol. The molecule has 1 saturated heterocycles. The second-order valence-corrected chi connectivity index (χ2v) is 5.98. The van der Waals surface area contributed by atoms with E-state index in [1.165, 1.54) is 6.92 Å². The van der Waals surface area contributed by atoms with Gasteiger partial charge in [0.05, 0.1) is 13.2 Å². The summed E-state index contributed by atoms with van der Waals surface area (Å²) in [5, 5.41) is 0. The van der Waals surface area contributed by atoms with Crippen LogP contribution in [0.5, 0.6) is 0 Å². The zero-order valence-corrected chi connectivity index (χ0v) is 12.2. The maximum Gasteiger partial charge on any atom is 0.372 e. The lowest BCUT2D eigenvalue weighted by Crippen LogP contribution is -2.36. The average Bonchev–Trinajstić information content (AvgIpc) is 2.73. The predicted octanol–water partition coefficient (Wildman–Crippen LogP) is 0.539. The summed E-state index contributed by atoms with van der Waals surface area (Å²) in [7, 11) is -5.41. The fraction of sp³-hybridized carbons (Fsp3) is 0.900. The van der Waals surface area contributed by atoms with Crippen LogP contribution in [-0.4, -0.2) is 64.6 Å². The standard InChI is InChI=1S/C10H14F4O7S/c1-9(5-18-8(15)2-11)19-3-7(21-9)4-20-10(12,13)6-22(14,16)17/h7H,2-6H2,1H3. The molecule has 0 saturated carbocycles. The fourth-order valence-electron chi connectivity index (χ4n) is 1.56. The van der Waals surface area contributed by atoms with E-state index >= 15 is 0 Å². The summed E-state index contributed by atoms with van der Waals surface area (Å²) >= 11 is 0. The van der Waals surface area contributed by atoms with E-state index in [1.807, 2.05) is 0 Å². The molecule has 2 unspecified atom stereocenters. The number of alkyl halides is 3. The normalized spacial score (nSPS) is 26.1. The Hall–Kier alpha value is -0.980. The number of rotatable bonds is 8. The monoisotopic (exact) mass is 354 g/mol. The number of carbonyl (C=O) groups is 1. The molecule has 2 atom stereocenters. The number of carbonyl (C=O) groups excluding carboxylic acids is 1. The quantitative estimate of drug-likeness (QED) is 0.357. The van der Waals surface area contributed by atoms with Crippen LogP contribution < -0.4 is 0 Å². The molecule has 7 nitrogen and oxygen atoms in total. The minimum atomic E-state index is -5.41. The number of ether oxygens (including phenoxy) is 4. The lowest BCUT2D eigenvalue weighted by molar-refractivity contribution is -0.242. The molecule has 22 heavy (non-hydrogen) atoms. The summed E-state index contributed by atoms with van der Waals surface area (Å²) in [4.78, 5) is 10.7. The van der Waals surface area contributed by atoms with Crippen LogP contribution in [0.2, 0.25) is 0 Å². The van der Waals surface area contributed by atoms with Crippen molar-refractivity contribution < 1.29 is 49.2 Å². The fourth-order valence-corrected chi connectivity index (χ4v) is 2.04. The van der Waals surface area contributed by atoms with Gasteiger partial charge in [-0.15, -0.1) is 3.89 Å². The lowest BCUT2D eigenvalue weighted by atomic mass is 10.3. The van der Waals surface area contributed by atoms with E-state index in [1.54, 1.807) is 0 Å². The van der Waals surface area contributed by atoms with Gasteiger partial charge < -0.3 is 18.9 Å². The van der Waals surface area contributed by atoms with E-state index < -0.39 is 59.8 Å². The van der Waals surface area contributed by atoms with Crippen molar-refractivity contribution in [3.63, 3.8) is 0 Å². The van der Waals surface area contributed by atoms with Gasteiger partial charge >= 0.3 is 22.3 Å². The molecule has 12 heteroatoms. The number of hydrogen-bond acceptors (Lipinski definition) is 7. The van der Waals surface area contributed by atoms with Gasteiger partial charge in [0.1, 0.15) is 12.7 Å². The summed E-state index contributed by atoms with van der Waals surface area (Å²) in [6.45, 7) is -1.49. The first-order chi connectivity index (χ1) is 9.95. The van der Waals surface area contributed by atoms with Gasteiger partial charge in [0.25, 0.3) is 0 Å². The van der Waals surface area contributed by atoms with Crippen LogP contribution in [0, 0.1) is 0 Å². The molecule has 0 aromatic rings. The number of hydrogen-bond donors (Lipinski definition) is 0. The van der Waals surface area contributed by atoms with Crippen LogP contribution in [0.4, 0.5) is 17.1 Å². The van der Waals surface area contributed by atoms with Gasteiger partial charge in [-0.2, -0.15) is 17.2 Å². The maximum atomic E-state index is 13.0. The minimum Gasteiger partial charge on any atom is -0.458 e. The van der Waals surface area contributed by atoms with Crippen molar-refractivity contribution in [2.45, 2.75) is 24.9 Å².